The molecule has 0 aliphatic heterocycles. The lowest BCUT2D eigenvalue weighted by Gasteiger charge is -2.10. The SMILES string of the molecule is CCCn1cc[n+](C)c1C(C)c1ccccc1.[Br-]. The van der Waals surface area contributed by atoms with Gasteiger partial charge in [0.05, 0.1) is 19.5 Å². The van der Waals surface area contributed by atoms with Crippen LogP contribution in [-0.4, -0.2) is 4.57 Å². The molecular formula is C15H21BrN2. The van der Waals surface area contributed by atoms with E-state index in [2.05, 4.69) is 72.8 Å². The molecule has 1 heterocycles. The van der Waals surface area contributed by atoms with Crippen molar-refractivity contribution in [3.05, 3.63) is 54.1 Å². The Bertz CT molecular complexity index is 476. The summed E-state index contributed by atoms with van der Waals surface area (Å²) in [6.07, 6.45) is 5.49. The monoisotopic (exact) mass is 308 g/mol. The molecule has 1 unspecified atom stereocenters. The quantitative estimate of drug-likeness (QED) is 0.696. The van der Waals surface area contributed by atoms with Crippen molar-refractivity contribution in [2.75, 3.05) is 0 Å². The zero-order valence-electron chi connectivity index (χ0n) is 11.3. The molecule has 0 N–H and O–H groups in total. The highest BCUT2D eigenvalue weighted by atomic mass is 79.9. The minimum absolute atomic E-state index is 0. The van der Waals surface area contributed by atoms with Gasteiger partial charge in [0, 0.05) is 0 Å². The maximum absolute atomic E-state index is 2.36. The summed E-state index contributed by atoms with van der Waals surface area (Å²) >= 11 is 0. The molecule has 18 heavy (non-hydrogen) atoms. The zero-order valence-corrected chi connectivity index (χ0v) is 12.9. The lowest BCUT2D eigenvalue weighted by Crippen LogP contribution is -3.00. The maximum atomic E-state index is 2.36. The minimum Gasteiger partial charge on any atom is -1.00 e. The van der Waals surface area contributed by atoms with Gasteiger partial charge in [0.1, 0.15) is 12.4 Å². The van der Waals surface area contributed by atoms with Gasteiger partial charge in [0.25, 0.3) is 5.82 Å². The first-order chi connectivity index (χ1) is 8.24. The fraction of sp³-hybridized carbons (Fsp3) is 0.400. The van der Waals surface area contributed by atoms with E-state index in [1.165, 1.54) is 17.8 Å². The molecule has 2 nitrogen and oxygen atoms in total. The van der Waals surface area contributed by atoms with Crippen molar-refractivity contribution in [1.29, 1.82) is 0 Å². The Balaban J connectivity index is 0.00000162. The van der Waals surface area contributed by atoms with Crippen LogP contribution in [0.2, 0.25) is 0 Å². The van der Waals surface area contributed by atoms with Gasteiger partial charge in [-0.2, -0.15) is 0 Å². The molecule has 0 radical (unpaired) electrons. The predicted molar refractivity (Wildman–Crippen MR) is 69.9 cm³/mol. The number of aryl methyl sites for hydroxylation is 2. The van der Waals surface area contributed by atoms with Gasteiger partial charge in [0.2, 0.25) is 0 Å². The van der Waals surface area contributed by atoms with Crippen LogP contribution in [0, 0.1) is 0 Å². The van der Waals surface area contributed by atoms with Gasteiger partial charge in [0.15, 0.2) is 0 Å². The van der Waals surface area contributed by atoms with E-state index in [9.17, 15) is 0 Å². The van der Waals surface area contributed by atoms with E-state index in [4.69, 9.17) is 0 Å². The fourth-order valence-corrected chi connectivity index (χ4v) is 2.41. The Morgan fingerprint density at radius 2 is 1.89 bits per heavy atom. The third-order valence-corrected chi connectivity index (χ3v) is 3.28. The molecule has 0 aliphatic carbocycles. The zero-order chi connectivity index (χ0) is 12.3. The van der Waals surface area contributed by atoms with Crippen molar-refractivity contribution in [3.63, 3.8) is 0 Å². The van der Waals surface area contributed by atoms with Gasteiger partial charge in [-0.05, 0) is 18.9 Å². The van der Waals surface area contributed by atoms with Crippen LogP contribution in [0.15, 0.2) is 42.7 Å². The van der Waals surface area contributed by atoms with Crippen molar-refractivity contribution in [3.8, 4) is 0 Å². The van der Waals surface area contributed by atoms with E-state index in [0.29, 0.717) is 5.92 Å². The third kappa shape index (κ3) is 3.02. The molecule has 0 bridgehead atoms. The normalized spacial score (nSPS) is 11.9. The van der Waals surface area contributed by atoms with Gasteiger partial charge >= 0.3 is 0 Å². The summed E-state index contributed by atoms with van der Waals surface area (Å²) in [4.78, 5) is 0. The number of rotatable bonds is 4. The molecule has 2 rings (SSSR count). The maximum Gasteiger partial charge on any atom is 0.263 e. The first-order valence-electron chi connectivity index (χ1n) is 6.33. The average Bonchev–Trinajstić information content (AvgIpc) is 2.71. The number of halogens is 1. The van der Waals surface area contributed by atoms with Crippen LogP contribution >= 0.6 is 0 Å². The molecule has 1 atom stereocenters. The number of aromatic nitrogens is 2. The Morgan fingerprint density at radius 1 is 1.22 bits per heavy atom. The summed E-state index contributed by atoms with van der Waals surface area (Å²) in [5, 5.41) is 0. The van der Waals surface area contributed by atoms with Crippen LogP contribution in [0.3, 0.4) is 0 Å². The third-order valence-electron chi connectivity index (χ3n) is 3.28. The number of benzene rings is 1. The van der Waals surface area contributed by atoms with E-state index in [1.807, 2.05) is 0 Å². The highest BCUT2D eigenvalue weighted by Gasteiger charge is 2.22. The van der Waals surface area contributed by atoms with Crippen molar-refractivity contribution in [2.24, 2.45) is 7.05 Å². The molecule has 0 aliphatic rings. The summed E-state index contributed by atoms with van der Waals surface area (Å²) in [6.45, 7) is 5.58. The molecule has 3 heteroatoms. The second-order valence-electron chi connectivity index (χ2n) is 4.59. The number of hydrogen-bond acceptors (Lipinski definition) is 0. The van der Waals surface area contributed by atoms with Gasteiger partial charge in [-0.1, -0.05) is 37.3 Å². The first kappa shape index (κ1) is 15.0. The van der Waals surface area contributed by atoms with E-state index in [1.54, 1.807) is 0 Å². The molecule has 1 aromatic carbocycles. The van der Waals surface area contributed by atoms with E-state index in [-0.39, 0.29) is 17.0 Å². The highest BCUT2D eigenvalue weighted by Crippen LogP contribution is 2.21. The van der Waals surface area contributed by atoms with Crippen LogP contribution in [0.5, 0.6) is 0 Å². The topological polar surface area (TPSA) is 8.81 Å². The Hall–Kier alpha value is -1.09. The van der Waals surface area contributed by atoms with Crippen LogP contribution in [0.4, 0.5) is 0 Å². The van der Waals surface area contributed by atoms with Crippen LogP contribution in [0.1, 0.15) is 37.6 Å². The first-order valence-corrected chi connectivity index (χ1v) is 6.33. The molecule has 0 spiro atoms. The van der Waals surface area contributed by atoms with Gasteiger partial charge in [-0.3, -0.25) is 0 Å². The minimum atomic E-state index is 0. The summed E-state index contributed by atoms with van der Waals surface area (Å²) in [5.74, 6) is 1.81. The van der Waals surface area contributed by atoms with Crippen molar-refractivity contribution >= 4 is 0 Å². The van der Waals surface area contributed by atoms with Gasteiger partial charge in [-0.25, -0.2) is 9.13 Å². The summed E-state index contributed by atoms with van der Waals surface area (Å²) in [7, 11) is 2.13. The predicted octanol–water partition coefficient (Wildman–Crippen LogP) is -0.122. The van der Waals surface area contributed by atoms with Gasteiger partial charge in [-0.15, -0.1) is 0 Å². The number of hydrogen-bond donors (Lipinski definition) is 0. The molecule has 0 fully saturated rings. The second kappa shape index (κ2) is 6.74. The van der Waals surface area contributed by atoms with E-state index in [0.717, 1.165) is 6.54 Å². The molecule has 98 valence electrons. The Kier molecular flexibility index (Phi) is 5.60. The Morgan fingerprint density at radius 3 is 2.50 bits per heavy atom. The summed E-state index contributed by atoms with van der Waals surface area (Å²) in [5.41, 5.74) is 1.37. The van der Waals surface area contributed by atoms with Crippen molar-refractivity contribution in [2.45, 2.75) is 32.7 Å². The van der Waals surface area contributed by atoms with Crippen LogP contribution in [-0.2, 0) is 13.6 Å². The Labute approximate surface area is 120 Å². The molecule has 0 saturated heterocycles. The fourth-order valence-electron chi connectivity index (χ4n) is 2.41. The smallest absolute Gasteiger partial charge is 0.263 e. The van der Waals surface area contributed by atoms with Gasteiger partial charge < -0.3 is 17.0 Å². The second-order valence-corrected chi connectivity index (χ2v) is 4.59. The van der Waals surface area contributed by atoms with Crippen LogP contribution in [0.25, 0.3) is 0 Å². The lowest BCUT2D eigenvalue weighted by atomic mass is 10.0. The number of imidazole rings is 1. The summed E-state index contributed by atoms with van der Waals surface area (Å²) in [6, 6.07) is 10.7. The average molecular weight is 309 g/mol. The molecule has 2 aromatic rings. The summed E-state index contributed by atoms with van der Waals surface area (Å²) < 4.78 is 4.59. The largest absolute Gasteiger partial charge is 1.00 e. The van der Waals surface area contributed by atoms with Crippen molar-refractivity contribution in [1.82, 2.24) is 4.57 Å². The van der Waals surface area contributed by atoms with E-state index < -0.39 is 0 Å². The molecule has 1 aromatic heterocycles. The van der Waals surface area contributed by atoms with Crippen molar-refractivity contribution < 1.29 is 21.5 Å². The lowest BCUT2D eigenvalue weighted by molar-refractivity contribution is -0.679. The molecule has 0 amide bonds. The van der Waals surface area contributed by atoms with E-state index >= 15 is 0 Å². The molecular weight excluding hydrogens is 288 g/mol. The number of nitrogens with zero attached hydrogens (tertiary/aromatic N) is 2. The van der Waals surface area contributed by atoms with Crippen LogP contribution < -0.4 is 21.5 Å². The highest BCUT2D eigenvalue weighted by molar-refractivity contribution is 5.23. The standard InChI is InChI=1S/C15H21N2.BrH/c1-4-10-17-12-11-16(3)15(17)13(2)14-8-6-5-7-9-14;/h5-9,11-13H,4,10H2,1-3H3;1H/q+1;/p-1. The molecule has 0 saturated carbocycles.